The minimum absolute atomic E-state index is 0.101. The summed E-state index contributed by atoms with van der Waals surface area (Å²) in [5, 5.41) is 11.2. The van der Waals surface area contributed by atoms with Crippen molar-refractivity contribution in [3.8, 4) is 11.5 Å². The van der Waals surface area contributed by atoms with Crippen molar-refractivity contribution in [3.05, 3.63) is 65.7 Å². The van der Waals surface area contributed by atoms with Gasteiger partial charge in [-0.2, -0.15) is 0 Å². The van der Waals surface area contributed by atoms with E-state index in [1.165, 1.54) is 19.3 Å². The molecule has 2 saturated heterocycles. The topological polar surface area (TPSA) is 88.5 Å². The number of hydrogen-bond donors (Lipinski definition) is 1. The number of carbonyl (C=O) groups is 2. The molecular weight excluding hydrogens is 448 g/mol. The Balaban J connectivity index is 1.42. The van der Waals surface area contributed by atoms with Crippen molar-refractivity contribution in [1.29, 1.82) is 0 Å². The summed E-state index contributed by atoms with van der Waals surface area (Å²) in [6, 6.07) is 14.9. The third-order valence-electron chi connectivity index (χ3n) is 6.95. The number of hydrogen-bond acceptors (Lipinski definition) is 7. The third-order valence-corrected chi connectivity index (χ3v) is 6.95. The number of esters is 1. The minimum atomic E-state index is -0.705. The Morgan fingerprint density at radius 2 is 1.89 bits per heavy atom. The van der Waals surface area contributed by atoms with Crippen LogP contribution >= 0.6 is 0 Å². The SMILES string of the molecule is COC(=O)C1CC(=O)N(OCc2ccccc2)C12CCN(C/C=C/c1ccc(O)c(OC)c1)CC2. The van der Waals surface area contributed by atoms with Gasteiger partial charge in [0.2, 0.25) is 5.91 Å². The Hall–Kier alpha value is -3.36. The van der Waals surface area contributed by atoms with E-state index >= 15 is 0 Å². The molecule has 4 rings (SSSR count). The Morgan fingerprint density at radius 3 is 2.57 bits per heavy atom. The zero-order valence-corrected chi connectivity index (χ0v) is 20.2. The summed E-state index contributed by atoms with van der Waals surface area (Å²) >= 11 is 0. The number of nitrogens with zero attached hydrogens (tertiary/aromatic N) is 2. The molecule has 2 aromatic carbocycles. The van der Waals surface area contributed by atoms with Gasteiger partial charge in [-0.25, -0.2) is 5.06 Å². The highest BCUT2D eigenvalue weighted by atomic mass is 16.7. The van der Waals surface area contributed by atoms with Gasteiger partial charge in [-0.15, -0.1) is 0 Å². The van der Waals surface area contributed by atoms with Gasteiger partial charge in [0, 0.05) is 26.1 Å². The normalized spacial score (nSPS) is 20.0. The predicted molar refractivity (Wildman–Crippen MR) is 130 cm³/mol. The molecule has 1 unspecified atom stereocenters. The van der Waals surface area contributed by atoms with Gasteiger partial charge in [0.1, 0.15) is 6.61 Å². The number of amides is 1. The lowest BCUT2D eigenvalue weighted by Crippen LogP contribution is -2.57. The molecule has 8 heteroatoms. The van der Waals surface area contributed by atoms with Gasteiger partial charge in [0.05, 0.1) is 25.7 Å². The molecule has 0 aliphatic carbocycles. The Labute approximate surface area is 205 Å². The van der Waals surface area contributed by atoms with Crippen LogP contribution in [0.2, 0.25) is 0 Å². The maximum atomic E-state index is 12.9. The third kappa shape index (κ3) is 5.33. The molecule has 35 heavy (non-hydrogen) atoms. The van der Waals surface area contributed by atoms with Crippen LogP contribution in [0.4, 0.5) is 0 Å². The highest BCUT2D eigenvalue weighted by molar-refractivity contribution is 5.88. The van der Waals surface area contributed by atoms with Crippen molar-refractivity contribution in [2.24, 2.45) is 5.92 Å². The van der Waals surface area contributed by atoms with E-state index in [2.05, 4.69) is 11.0 Å². The van der Waals surface area contributed by atoms with Crippen LogP contribution in [0.1, 0.15) is 30.4 Å². The number of ether oxygens (including phenoxy) is 2. The second kappa shape index (κ2) is 10.9. The number of piperidine rings is 1. The Bertz CT molecular complexity index is 1060. The molecule has 1 spiro atoms. The fourth-order valence-corrected chi connectivity index (χ4v) is 5.01. The van der Waals surface area contributed by atoms with Crippen LogP contribution in [0.5, 0.6) is 11.5 Å². The molecule has 0 bridgehead atoms. The van der Waals surface area contributed by atoms with Gasteiger partial charge >= 0.3 is 5.97 Å². The van der Waals surface area contributed by atoms with Gasteiger partial charge in [-0.3, -0.25) is 19.3 Å². The summed E-state index contributed by atoms with van der Waals surface area (Å²) in [6.45, 7) is 2.43. The largest absolute Gasteiger partial charge is 0.504 e. The van der Waals surface area contributed by atoms with E-state index < -0.39 is 11.5 Å². The molecule has 0 saturated carbocycles. The lowest BCUT2D eigenvalue weighted by molar-refractivity contribution is -0.229. The van der Waals surface area contributed by atoms with E-state index in [1.807, 2.05) is 42.5 Å². The molecule has 1 atom stereocenters. The summed E-state index contributed by atoms with van der Waals surface area (Å²) in [6.07, 6.45) is 5.38. The summed E-state index contributed by atoms with van der Waals surface area (Å²) in [4.78, 5) is 33.9. The van der Waals surface area contributed by atoms with E-state index in [9.17, 15) is 14.7 Å². The Kier molecular flexibility index (Phi) is 7.73. The van der Waals surface area contributed by atoms with Crippen molar-refractivity contribution in [2.75, 3.05) is 33.9 Å². The number of rotatable bonds is 8. The molecule has 0 radical (unpaired) electrons. The van der Waals surface area contributed by atoms with Crippen molar-refractivity contribution >= 4 is 18.0 Å². The zero-order chi connectivity index (χ0) is 24.8. The number of phenolic OH excluding ortho intramolecular Hbond substituents is 1. The molecular formula is C27H32N2O6. The van der Waals surface area contributed by atoms with Crippen LogP contribution in [0.15, 0.2) is 54.6 Å². The molecule has 2 aromatic rings. The molecule has 1 N–H and O–H groups in total. The molecule has 1 amide bonds. The van der Waals surface area contributed by atoms with Crippen LogP contribution in [-0.4, -0.2) is 66.3 Å². The molecule has 186 valence electrons. The number of carbonyl (C=O) groups excluding carboxylic acids is 2. The van der Waals surface area contributed by atoms with Gasteiger partial charge in [0.15, 0.2) is 11.5 Å². The summed E-state index contributed by atoms with van der Waals surface area (Å²) in [5.74, 6) is -0.540. The van der Waals surface area contributed by atoms with Gasteiger partial charge in [-0.05, 0) is 36.1 Å². The van der Waals surface area contributed by atoms with Crippen molar-refractivity contribution in [1.82, 2.24) is 9.96 Å². The maximum Gasteiger partial charge on any atom is 0.311 e. The molecule has 8 nitrogen and oxygen atoms in total. The van der Waals surface area contributed by atoms with Crippen molar-refractivity contribution in [2.45, 2.75) is 31.4 Å². The molecule has 2 aliphatic rings. The summed E-state index contributed by atoms with van der Waals surface area (Å²) < 4.78 is 10.2. The van der Waals surface area contributed by atoms with Crippen LogP contribution in [0.25, 0.3) is 6.08 Å². The zero-order valence-electron chi connectivity index (χ0n) is 20.2. The summed E-state index contributed by atoms with van der Waals surface area (Å²) in [7, 11) is 2.89. The molecule has 2 fully saturated rings. The standard InChI is InChI=1S/C27H32N2O6/c1-33-24-17-20(10-11-23(24)30)9-6-14-28-15-12-27(13-16-28)22(26(32)34-2)18-25(31)29(27)35-19-21-7-4-3-5-8-21/h3-11,17,22,30H,12-16,18-19H2,1-2H3/b9-6+. The highest BCUT2D eigenvalue weighted by Gasteiger charge is 2.58. The first-order chi connectivity index (χ1) is 17.0. The summed E-state index contributed by atoms with van der Waals surface area (Å²) in [5.41, 5.74) is 1.19. The smallest absolute Gasteiger partial charge is 0.311 e. The average molecular weight is 481 g/mol. The highest BCUT2D eigenvalue weighted by Crippen LogP contribution is 2.44. The number of hydroxylamine groups is 2. The van der Waals surface area contributed by atoms with E-state index in [-0.39, 0.29) is 30.7 Å². The quantitative estimate of drug-likeness (QED) is 0.580. The minimum Gasteiger partial charge on any atom is -0.504 e. The van der Waals surface area contributed by atoms with Crippen LogP contribution in [0, 0.1) is 5.92 Å². The lowest BCUT2D eigenvalue weighted by Gasteiger charge is -2.45. The van der Waals surface area contributed by atoms with Gasteiger partial charge in [-0.1, -0.05) is 48.6 Å². The fraction of sp³-hybridized carbons (Fsp3) is 0.407. The van der Waals surface area contributed by atoms with Crippen molar-refractivity contribution < 1.29 is 29.0 Å². The first kappa shape index (κ1) is 24.8. The number of likely N-dealkylation sites (tertiary alicyclic amines) is 1. The number of methoxy groups -OCH3 is 2. The molecule has 0 aromatic heterocycles. The van der Waals surface area contributed by atoms with Crippen molar-refractivity contribution in [3.63, 3.8) is 0 Å². The van der Waals surface area contributed by atoms with Crippen LogP contribution in [0.3, 0.4) is 0 Å². The molecule has 2 heterocycles. The maximum absolute atomic E-state index is 12.9. The molecule has 2 aliphatic heterocycles. The number of benzene rings is 2. The lowest BCUT2D eigenvalue weighted by atomic mass is 9.77. The number of aromatic hydroxyl groups is 1. The van der Waals surface area contributed by atoms with Crippen LogP contribution in [-0.2, 0) is 25.8 Å². The van der Waals surface area contributed by atoms with E-state index in [1.54, 1.807) is 12.1 Å². The average Bonchev–Trinajstić information content (AvgIpc) is 3.15. The van der Waals surface area contributed by atoms with E-state index in [0.717, 1.165) is 30.8 Å². The van der Waals surface area contributed by atoms with Crippen LogP contribution < -0.4 is 4.74 Å². The monoisotopic (exact) mass is 480 g/mol. The predicted octanol–water partition coefficient (Wildman–Crippen LogP) is 3.40. The van der Waals surface area contributed by atoms with E-state index in [4.69, 9.17) is 14.3 Å². The van der Waals surface area contributed by atoms with Gasteiger partial charge < -0.3 is 14.6 Å². The number of phenols is 1. The first-order valence-corrected chi connectivity index (χ1v) is 11.8. The Morgan fingerprint density at radius 1 is 1.14 bits per heavy atom. The fourth-order valence-electron chi connectivity index (χ4n) is 5.01. The van der Waals surface area contributed by atoms with Gasteiger partial charge in [0.25, 0.3) is 0 Å². The second-order valence-corrected chi connectivity index (χ2v) is 8.96. The first-order valence-electron chi connectivity index (χ1n) is 11.8. The second-order valence-electron chi connectivity index (χ2n) is 8.96. The van der Waals surface area contributed by atoms with E-state index in [0.29, 0.717) is 18.6 Å².